The highest BCUT2D eigenvalue weighted by atomic mass is 35.5. The van der Waals surface area contributed by atoms with Gasteiger partial charge in [-0.3, -0.25) is 4.90 Å². The van der Waals surface area contributed by atoms with Crippen molar-refractivity contribution in [3.8, 4) is 17.2 Å². The van der Waals surface area contributed by atoms with E-state index in [1.165, 1.54) is 12.0 Å². The van der Waals surface area contributed by atoms with E-state index in [-0.39, 0.29) is 18.8 Å². The molecule has 3 rings (SSSR count). The summed E-state index contributed by atoms with van der Waals surface area (Å²) in [6.45, 7) is 1.81. The van der Waals surface area contributed by atoms with Crippen LogP contribution in [-0.2, 0) is 9.53 Å². The summed E-state index contributed by atoms with van der Waals surface area (Å²) >= 11 is 6.19. The van der Waals surface area contributed by atoms with Crippen LogP contribution in [0.15, 0.2) is 53.7 Å². The Morgan fingerprint density at radius 2 is 1.88 bits per heavy atom. The highest BCUT2D eigenvalue weighted by Gasteiger charge is 2.38. The first kappa shape index (κ1) is 23.3. The second kappa shape index (κ2) is 10.3. The van der Waals surface area contributed by atoms with Crippen LogP contribution < -0.4 is 19.5 Å². The number of para-hydroxylation sites is 1. The van der Waals surface area contributed by atoms with Crippen LogP contribution in [0.4, 0.5) is 4.79 Å². The Morgan fingerprint density at radius 3 is 2.53 bits per heavy atom. The number of hydrogen-bond donors (Lipinski definition) is 1. The number of carbonyl (C=O) groups is 2. The molecule has 0 bridgehead atoms. The Bertz CT molecular complexity index is 1040. The van der Waals surface area contributed by atoms with Gasteiger partial charge < -0.3 is 24.3 Å². The van der Waals surface area contributed by atoms with Gasteiger partial charge in [0.15, 0.2) is 0 Å². The van der Waals surface area contributed by atoms with Crippen molar-refractivity contribution >= 4 is 23.6 Å². The zero-order chi connectivity index (χ0) is 23.3. The van der Waals surface area contributed by atoms with Gasteiger partial charge in [-0.25, -0.2) is 9.59 Å². The summed E-state index contributed by atoms with van der Waals surface area (Å²) in [6.07, 6.45) is 0. The molecule has 1 aliphatic heterocycles. The second-order valence-electron chi connectivity index (χ2n) is 6.85. The monoisotopic (exact) mass is 460 g/mol. The molecule has 8 nitrogen and oxygen atoms in total. The van der Waals surface area contributed by atoms with Gasteiger partial charge in [0, 0.05) is 18.7 Å². The number of carbonyl (C=O) groups excluding carboxylic acids is 2. The van der Waals surface area contributed by atoms with Gasteiger partial charge in [0.25, 0.3) is 0 Å². The van der Waals surface area contributed by atoms with Crippen molar-refractivity contribution in [1.29, 1.82) is 0 Å². The number of esters is 1. The number of nitrogens with zero attached hydrogens (tertiary/aromatic N) is 1. The summed E-state index contributed by atoms with van der Waals surface area (Å²) in [5.74, 6) is 0.893. The third kappa shape index (κ3) is 4.75. The van der Waals surface area contributed by atoms with Crippen molar-refractivity contribution in [3.05, 3.63) is 64.3 Å². The average molecular weight is 461 g/mol. The van der Waals surface area contributed by atoms with Crippen LogP contribution in [0.3, 0.4) is 0 Å². The molecule has 2 amide bonds. The fourth-order valence-corrected chi connectivity index (χ4v) is 3.57. The number of hydrogen-bond acceptors (Lipinski definition) is 6. The van der Waals surface area contributed by atoms with Gasteiger partial charge in [-0.2, -0.15) is 0 Å². The molecule has 2 aromatic carbocycles. The third-order valence-electron chi connectivity index (χ3n) is 5.02. The molecule has 0 fully saturated rings. The van der Waals surface area contributed by atoms with E-state index in [0.717, 1.165) is 0 Å². The molecule has 1 heterocycles. The van der Waals surface area contributed by atoms with E-state index >= 15 is 0 Å². The first-order valence-corrected chi connectivity index (χ1v) is 10.3. The number of amides is 2. The SMILES string of the molecule is CCOC(=O)C1=C(COc2ccccc2Cl)N(C)C(=O)NC1c1ccc(OC)cc1OC. The molecule has 1 N–H and O–H groups in total. The number of benzene rings is 2. The van der Waals surface area contributed by atoms with Crippen LogP contribution >= 0.6 is 11.6 Å². The summed E-state index contributed by atoms with van der Waals surface area (Å²) in [5.41, 5.74) is 1.17. The van der Waals surface area contributed by atoms with Crippen LogP contribution in [0.5, 0.6) is 17.2 Å². The van der Waals surface area contributed by atoms with Crippen molar-refractivity contribution < 1.29 is 28.5 Å². The molecule has 2 aromatic rings. The Hall–Kier alpha value is -3.39. The van der Waals surface area contributed by atoms with E-state index in [1.807, 2.05) is 0 Å². The van der Waals surface area contributed by atoms with Gasteiger partial charge in [0.2, 0.25) is 0 Å². The Morgan fingerprint density at radius 1 is 1.12 bits per heavy atom. The largest absolute Gasteiger partial charge is 0.497 e. The van der Waals surface area contributed by atoms with Gasteiger partial charge in [-0.05, 0) is 31.2 Å². The lowest BCUT2D eigenvalue weighted by Gasteiger charge is -2.35. The molecular formula is C23H25ClN2O6. The maximum absolute atomic E-state index is 13.0. The number of halogens is 1. The molecule has 0 saturated carbocycles. The van der Waals surface area contributed by atoms with Crippen molar-refractivity contribution in [2.45, 2.75) is 13.0 Å². The minimum absolute atomic E-state index is 0.0726. The first-order valence-electron chi connectivity index (χ1n) is 9.94. The standard InChI is InChI=1S/C23H25ClN2O6/c1-5-31-22(27)20-17(13-32-18-9-7-6-8-16(18)24)26(2)23(28)25-21(20)15-11-10-14(29-3)12-19(15)30-4/h6-12,21H,5,13H2,1-4H3,(H,25,28). The van der Waals surface area contributed by atoms with Crippen molar-refractivity contribution in [2.24, 2.45) is 0 Å². The highest BCUT2D eigenvalue weighted by molar-refractivity contribution is 6.32. The molecule has 1 unspecified atom stereocenters. The second-order valence-corrected chi connectivity index (χ2v) is 7.26. The summed E-state index contributed by atoms with van der Waals surface area (Å²) in [6, 6.07) is 10.9. The lowest BCUT2D eigenvalue weighted by molar-refractivity contribution is -0.139. The zero-order valence-electron chi connectivity index (χ0n) is 18.3. The third-order valence-corrected chi connectivity index (χ3v) is 5.34. The maximum Gasteiger partial charge on any atom is 0.338 e. The molecule has 0 saturated heterocycles. The van der Waals surface area contributed by atoms with Gasteiger partial charge in [-0.15, -0.1) is 0 Å². The van der Waals surface area contributed by atoms with E-state index in [9.17, 15) is 9.59 Å². The fraction of sp³-hybridized carbons (Fsp3) is 0.304. The van der Waals surface area contributed by atoms with E-state index in [1.54, 1.807) is 63.5 Å². The van der Waals surface area contributed by atoms with Gasteiger partial charge in [0.05, 0.1) is 43.2 Å². The van der Waals surface area contributed by atoms with Crippen LogP contribution in [-0.4, -0.2) is 51.4 Å². The quantitative estimate of drug-likeness (QED) is 0.600. The van der Waals surface area contributed by atoms with Gasteiger partial charge in [-0.1, -0.05) is 23.7 Å². The van der Waals surface area contributed by atoms with Crippen LogP contribution in [0, 0.1) is 0 Å². The molecule has 1 aliphatic rings. The van der Waals surface area contributed by atoms with E-state index < -0.39 is 18.0 Å². The molecule has 0 aliphatic carbocycles. The number of rotatable bonds is 8. The van der Waals surface area contributed by atoms with Crippen molar-refractivity contribution in [2.75, 3.05) is 34.5 Å². The van der Waals surface area contributed by atoms with Crippen molar-refractivity contribution in [3.63, 3.8) is 0 Å². The average Bonchev–Trinajstić information content (AvgIpc) is 2.80. The number of likely N-dealkylation sites (N-methyl/N-ethyl adjacent to an activating group) is 1. The number of ether oxygens (including phenoxy) is 4. The minimum Gasteiger partial charge on any atom is -0.497 e. The molecule has 1 atom stereocenters. The molecule has 0 aromatic heterocycles. The molecule has 9 heteroatoms. The summed E-state index contributed by atoms with van der Waals surface area (Å²) in [4.78, 5) is 27.2. The summed E-state index contributed by atoms with van der Waals surface area (Å²) < 4.78 is 21.9. The predicted molar refractivity (Wildman–Crippen MR) is 119 cm³/mol. The Balaban J connectivity index is 2.10. The number of nitrogens with one attached hydrogen (secondary N) is 1. The topological polar surface area (TPSA) is 86.3 Å². The van der Waals surface area contributed by atoms with Gasteiger partial charge >= 0.3 is 12.0 Å². The lowest BCUT2D eigenvalue weighted by atomic mass is 9.94. The van der Waals surface area contributed by atoms with Crippen LogP contribution in [0.2, 0.25) is 5.02 Å². The highest BCUT2D eigenvalue weighted by Crippen LogP contribution is 2.37. The molecule has 170 valence electrons. The molecule has 0 spiro atoms. The lowest BCUT2D eigenvalue weighted by Crippen LogP contribution is -2.48. The fourth-order valence-electron chi connectivity index (χ4n) is 3.38. The summed E-state index contributed by atoms with van der Waals surface area (Å²) in [7, 11) is 4.60. The van der Waals surface area contributed by atoms with Crippen LogP contribution in [0.25, 0.3) is 0 Å². The van der Waals surface area contributed by atoms with Crippen LogP contribution in [0.1, 0.15) is 18.5 Å². The normalized spacial score (nSPS) is 15.8. The predicted octanol–water partition coefficient (Wildman–Crippen LogP) is 3.95. The van der Waals surface area contributed by atoms with Gasteiger partial charge in [0.1, 0.15) is 23.9 Å². The Labute approximate surface area is 191 Å². The smallest absolute Gasteiger partial charge is 0.338 e. The molecule has 32 heavy (non-hydrogen) atoms. The Kier molecular flexibility index (Phi) is 7.48. The van der Waals surface area contributed by atoms with E-state index in [2.05, 4.69) is 5.32 Å². The zero-order valence-corrected chi connectivity index (χ0v) is 19.1. The molecule has 0 radical (unpaired) electrons. The maximum atomic E-state index is 13.0. The van der Waals surface area contributed by atoms with E-state index in [0.29, 0.717) is 33.5 Å². The first-order chi connectivity index (χ1) is 15.4. The molecular weight excluding hydrogens is 436 g/mol. The number of methoxy groups -OCH3 is 2. The summed E-state index contributed by atoms with van der Waals surface area (Å²) in [5, 5.41) is 3.27. The van der Waals surface area contributed by atoms with E-state index in [4.69, 9.17) is 30.5 Å². The number of urea groups is 1. The minimum atomic E-state index is -0.816. The van der Waals surface area contributed by atoms with Crippen molar-refractivity contribution in [1.82, 2.24) is 10.2 Å².